The predicted octanol–water partition coefficient (Wildman–Crippen LogP) is 3.28. The number of benzene rings is 2. The van der Waals surface area contributed by atoms with Gasteiger partial charge in [-0.3, -0.25) is 4.79 Å². The summed E-state index contributed by atoms with van der Waals surface area (Å²) >= 11 is 0. The highest BCUT2D eigenvalue weighted by Crippen LogP contribution is 2.25. The Labute approximate surface area is 135 Å². The largest absolute Gasteiger partial charge is 0.483 e. The number of hydrogen-bond donors (Lipinski definition) is 1. The fraction of sp³-hybridized carbons (Fsp3) is 0.222. The summed E-state index contributed by atoms with van der Waals surface area (Å²) in [5, 5.41) is 3.73. The van der Waals surface area contributed by atoms with Crippen LogP contribution in [0.2, 0.25) is 0 Å². The molecule has 2 aromatic rings. The van der Waals surface area contributed by atoms with Crippen LogP contribution in [0.5, 0.6) is 5.75 Å². The monoisotopic (exact) mass is 314 g/mol. The van der Waals surface area contributed by atoms with Crippen LogP contribution in [0.1, 0.15) is 22.3 Å². The summed E-state index contributed by atoms with van der Waals surface area (Å²) in [5.74, 6) is -0.0936. The molecular weight excluding hydrogens is 295 g/mol. The Balaban J connectivity index is 1.91. The number of carbonyl (C=O) groups is 1. The molecule has 0 saturated carbocycles. The summed E-state index contributed by atoms with van der Waals surface area (Å²) in [6.07, 6.45) is 1.26. The molecule has 0 spiro atoms. The van der Waals surface area contributed by atoms with Crippen LogP contribution in [0.15, 0.2) is 41.5 Å². The third-order valence-electron chi connectivity index (χ3n) is 3.52. The highest BCUT2D eigenvalue weighted by molar-refractivity contribution is 5.83. The van der Waals surface area contributed by atoms with E-state index in [-0.39, 0.29) is 6.61 Å². The first-order chi connectivity index (χ1) is 11.0. The molecule has 0 radical (unpaired) electrons. The standard InChI is InChI=1S/C18H19FN2O2/c1-12-8-9-13(2)18(14(12)3)23-11-17(22)21-20-10-15-6-4-5-7-16(15)19/h4-10H,11H2,1-3H3,(H,21,22)/b20-10-. The second-order valence-electron chi connectivity index (χ2n) is 5.26. The number of carbonyl (C=O) groups excluding carboxylic acids is 1. The second-order valence-corrected chi connectivity index (χ2v) is 5.26. The van der Waals surface area contributed by atoms with Crippen LogP contribution >= 0.6 is 0 Å². The zero-order valence-corrected chi connectivity index (χ0v) is 13.4. The van der Waals surface area contributed by atoms with E-state index < -0.39 is 11.7 Å². The van der Waals surface area contributed by atoms with E-state index in [1.54, 1.807) is 18.2 Å². The first kappa shape index (κ1) is 16.7. The summed E-state index contributed by atoms with van der Waals surface area (Å²) in [6, 6.07) is 10.1. The van der Waals surface area contributed by atoms with E-state index in [1.807, 2.05) is 32.9 Å². The Kier molecular flexibility index (Phi) is 5.46. The maximum Gasteiger partial charge on any atom is 0.277 e. The number of hydrogen-bond acceptors (Lipinski definition) is 3. The molecule has 0 aliphatic carbocycles. The molecule has 1 amide bonds. The van der Waals surface area contributed by atoms with Crippen molar-refractivity contribution in [3.8, 4) is 5.75 Å². The number of rotatable bonds is 5. The summed E-state index contributed by atoms with van der Waals surface area (Å²) in [7, 11) is 0. The maximum atomic E-state index is 13.4. The van der Waals surface area contributed by atoms with Crippen LogP contribution in [0, 0.1) is 26.6 Å². The highest BCUT2D eigenvalue weighted by Gasteiger charge is 2.08. The molecule has 0 saturated heterocycles. The van der Waals surface area contributed by atoms with Crippen LogP contribution < -0.4 is 10.2 Å². The van der Waals surface area contributed by atoms with Crippen molar-refractivity contribution in [2.24, 2.45) is 5.10 Å². The van der Waals surface area contributed by atoms with Crippen molar-refractivity contribution < 1.29 is 13.9 Å². The van der Waals surface area contributed by atoms with Gasteiger partial charge in [0.15, 0.2) is 6.61 Å². The molecule has 0 aromatic heterocycles. The number of hydrazone groups is 1. The van der Waals surface area contributed by atoms with Crippen LogP contribution in [0.25, 0.3) is 0 Å². The Morgan fingerprint density at radius 1 is 1.17 bits per heavy atom. The van der Waals surface area contributed by atoms with Gasteiger partial charge < -0.3 is 4.74 Å². The van der Waals surface area contributed by atoms with Gasteiger partial charge in [0.25, 0.3) is 5.91 Å². The van der Waals surface area contributed by atoms with E-state index in [1.165, 1.54) is 12.3 Å². The van der Waals surface area contributed by atoms with Crippen LogP contribution in [0.3, 0.4) is 0 Å². The molecular formula is C18H19FN2O2. The van der Waals surface area contributed by atoms with Gasteiger partial charge in [-0.05, 0) is 43.5 Å². The molecule has 2 rings (SSSR count). The summed E-state index contributed by atoms with van der Waals surface area (Å²) in [6.45, 7) is 5.71. The summed E-state index contributed by atoms with van der Waals surface area (Å²) in [4.78, 5) is 11.8. The minimum Gasteiger partial charge on any atom is -0.483 e. The molecule has 0 fully saturated rings. The number of amides is 1. The van der Waals surface area contributed by atoms with Gasteiger partial charge in [0.05, 0.1) is 6.21 Å². The Hall–Kier alpha value is -2.69. The van der Waals surface area contributed by atoms with Gasteiger partial charge in [-0.25, -0.2) is 9.82 Å². The van der Waals surface area contributed by atoms with Crippen molar-refractivity contribution in [2.75, 3.05) is 6.61 Å². The van der Waals surface area contributed by atoms with Crippen molar-refractivity contribution in [3.05, 3.63) is 64.5 Å². The van der Waals surface area contributed by atoms with Gasteiger partial charge in [0.2, 0.25) is 0 Å². The molecule has 120 valence electrons. The molecule has 0 bridgehead atoms. The van der Waals surface area contributed by atoms with Gasteiger partial charge >= 0.3 is 0 Å². The molecule has 0 atom stereocenters. The lowest BCUT2D eigenvalue weighted by atomic mass is 10.1. The van der Waals surface area contributed by atoms with E-state index in [0.717, 1.165) is 16.7 Å². The molecule has 23 heavy (non-hydrogen) atoms. The predicted molar refractivity (Wildman–Crippen MR) is 88.3 cm³/mol. The van der Waals surface area contributed by atoms with E-state index >= 15 is 0 Å². The second kappa shape index (κ2) is 7.54. The summed E-state index contributed by atoms with van der Waals surface area (Å²) in [5.41, 5.74) is 5.70. The van der Waals surface area contributed by atoms with Crippen LogP contribution in [-0.2, 0) is 4.79 Å². The quantitative estimate of drug-likeness (QED) is 0.680. The molecule has 0 aliphatic rings. The molecule has 4 nitrogen and oxygen atoms in total. The zero-order valence-electron chi connectivity index (χ0n) is 13.4. The summed E-state index contributed by atoms with van der Waals surface area (Å²) < 4.78 is 19.0. The Bertz CT molecular complexity index is 742. The van der Waals surface area contributed by atoms with Crippen LogP contribution in [0.4, 0.5) is 4.39 Å². The van der Waals surface area contributed by atoms with Crippen molar-refractivity contribution in [3.63, 3.8) is 0 Å². The van der Waals surface area contributed by atoms with E-state index in [2.05, 4.69) is 10.5 Å². The van der Waals surface area contributed by atoms with Gasteiger partial charge in [0, 0.05) is 5.56 Å². The number of halogens is 1. The zero-order chi connectivity index (χ0) is 16.8. The average molecular weight is 314 g/mol. The highest BCUT2D eigenvalue weighted by atomic mass is 19.1. The van der Waals surface area contributed by atoms with Crippen LogP contribution in [-0.4, -0.2) is 18.7 Å². The lowest BCUT2D eigenvalue weighted by Crippen LogP contribution is -2.25. The van der Waals surface area contributed by atoms with Crippen molar-refractivity contribution in [1.82, 2.24) is 5.43 Å². The maximum absolute atomic E-state index is 13.4. The first-order valence-electron chi connectivity index (χ1n) is 7.25. The third kappa shape index (κ3) is 4.39. The van der Waals surface area contributed by atoms with E-state index in [0.29, 0.717) is 11.3 Å². The van der Waals surface area contributed by atoms with E-state index in [4.69, 9.17) is 4.74 Å². The Morgan fingerprint density at radius 3 is 2.61 bits per heavy atom. The average Bonchev–Trinajstić information content (AvgIpc) is 2.53. The van der Waals surface area contributed by atoms with Gasteiger partial charge in [-0.2, -0.15) is 5.10 Å². The number of aryl methyl sites for hydroxylation is 2. The van der Waals surface area contributed by atoms with Crippen molar-refractivity contribution in [1.29, 1.82) is 0 Å². The molecule has 2 aromatic carbocycles. The fourth-order valence-corrected chi connectivity index (χ4v) is 2.07. The van der Waals surface area contributed by atoms with Crippen molar-refractivity contribution >= 4 is 12.1 Å². The SMILES string of the molecule is Cc1ccc(C)c(OCC(=O)N/N=C\c2ccccc2F)c1C. The topological polar surface area (TPSA) is 50.7 Å². The lowest BCUT2D eigenvalue weighted by molar-refractivity contribution is -0.123. The number of nitrogens with one attached hydrogen (secondary N) is 1. The molecule has 1 N–H and O–H groups in total. The van der Waals surface area contributed by atoms with Gasteiger partial charge in [0.1, 0.15) is 11.6 Å². The lowest BCUT2D eigenvalue weighted by Gasteiger charge is -2.13. The molecule has 0 heterocycles. The first-order valence-corrected chi connectivity index (χ1v) is 7.25. The minimum atomic E-state index is -0.405. The van der Waals surface area contributed by atoms with Gasteiger partial charge in [-0.1, -0.05) is 30.3 Å². The number of nitrogens with zero attached hydrogens (tertiary/aromatic N) is 1. The van der Waals surface area contributed by atoms with Gasteiger partial charge in [-0.15, -0.1) is 0 Å². The molecule has 0 aliphatic heterocycles. The third-order valence-corrected chi connectivity index (χ3v) is 3.52. The number of ether oxygens (including phenoxy) is 1. The minimum absolute atomic E-state index is 0.153. The fourth-order valence-electron chi connectivity index (χ4n) is 2.07. The Morgan fingerprint density at radius 2 is 1.87 bits per heavy atom. The van der Waals surface area contributed by atoms with Crippen molar-refractivity contribution in [2.45, 2.75) is 20.8 Å². The molecule has 0 unspecified atom stereocenters. The smallest absolute Gasteiger partial charge is 0.277 e. The normalized spacial score (nSPS) is 10.8. The molecule has 5 heteroatoms. The van der Waals surface area contributed by atoms with E-state index in [9.17, 15) is 9.18 Å².